The molecule has 1 aliphatic heterocycles. The van der Waals surface area contributed by atoms with Crippen molar-refractivity contribution in [2.24, 2.45) is 0 Å². The van der Waals surface area contributed by atoms with E-state index in [0.717, 1.165) is 11.3 Å². The van der Waals surface area contributed by atoms with Crippen molar-refractivity contribution in [1.29, 1.82) is 0 Å². The number of anilines is 1. The number of carbonyl (C=O) groups is 2. The number of nitrogens with one attached hydrogen (secondary N) is 1. The lowest BCUT2D eigenvalue weighted by atomic mass is 10.0. The van der Waals surface area contributed by atoms with Crippen molar-refractivity contribution in [3.05, 3.63) is 16.0 Å². The van der Waals surface area contributed by atoms with Crippen LogP contribution in [-0.4, -0.2) is 40.6 Å². The molecule has 0 aromatic carbocycles. The molecule has 0 aliphatic carbocycles. The first-order chi connectivity index (χ1) is 10.1. The number of halogens is 3. The minimum absolute atomic E-state index is 0.221. The molecule has 2 heterocycles. The molecule has 0 fully saturated rings. The molecule has 0 bridgehead atoms. The molecule has 0 radical (unpaired) electrons. The number of rotatable bonds is 3. The maximum absolute atomic E-state index is 12.4. The SMILES string of the molecule is CC(C)N1CCc2c(sc(NC(=O)C(F)(F)F)c2C(=O)O)C1. The Bertz CT molecular complexity index is 610. The molecule has 0 saturated heterocycles. The van der Waals surface area contributed by atoms with Crippen molar-refractivity contribution in [3.63, 3.8) is 0 Å². The third kappa shape index (κ3) is 3.25. The highest BCUT2D eigenvalue weighted by atomic mass is 32.1. The monoisotopic (exact) mass is 336 g/mol. The number of amides is 1. The molecule has 0 unspecified atom stereocenters. The number of hydrogen-bond acceptors (Lipinski definition) is 4. The van der Waals surface area contributed by atoms with Crippen LogP contribution in [-0.2, 0) is 17.8 Å². The summed E-state index contributed by atoms with van der Waals surface area (Å²) in [4.78, 5) is 25.2. The molecule has 2 rings (SSSR count). The van der Waals surface area contributed by atoms with E-state index >= 15 is 0 Å². The van der Waals surface area contributed by atoms with Crippen molar-refractivity contribution in [1.82, 2.24) is 4.90 Å². The van der Waals surface area contributed by atoms with Gasteiger partial charge in [0.25, 0.3) is 0 Å². The second-order valence-electron chi connectivity index (χ2n) is 5.28. The first-order valence-electron chi connectivity index (χ1n) is 6.61. The second kappa shape index (κ2) is 5.88. The van der Waals surface area contributed by atoms with Crippen molar-refractivity contribution in [3.8, 4) is 0 Å². The number of nitrogens with zero attached hydrogens (tertiary/aromatic N) is 1. The Balaban J connectivity index is 2.36. The van der Waals surface area contributed by atoms with Gasteiger partial charge in [-0.05, 0) is 25.8 Å². The third-order valence-electron chi connectivity index (χ3n) is 3.52. The molecule has 1 amide bonds. The Morgan fingerprint density at radius 3 is 2.50 bits per heavy atom. The highest BCUT2D eigenvalue weighted by Gasteiger charge is 2.40. The first-order valence-corrected chi connectivity index (χ1v) is 7.43. The van der Waals surface area contributed by atoms with Crippen LogP contribution in [0.5, 0.6) is 0 Å². The molecule has 122 valence electrons. The van der Waals surface area contributed by atoms with Crippen LogP contribution in [0, 0.1) is 0 Å². The van der Waals surface area contributed by atoms with Crippen LogP contribution >= 0.6 is 11.3 Å². The van der Waals surface area contributed by atoms with Gasteiger partial charge in [0.05, 0.1) is 5.56 Å². The number of carboxylic acids is 1. The van der Waals surface area contributed by atoms with Crippen LogP contribution in [0.3, 0.4) is 0 Å². The van der Waals surface area contributed by atoms with E-state index in [4.69, 9.17) is 0 Å². The fraction of sp³-hybridized carbons (Fsp3) is 0.538. The van der Waals surface area contributed by atoms with Crippen molar-refractivity contribution < 1.29 is 27.9 Å². The zero-order valence-corrected chi connectivity index (χ0v) is 12.8. The van der Waals surface area contributed by atoms with Gasteiger partial charge in [-0.3, -0.25) is 9.69 Å². The minimum atomic E-state index is -5.05. The first kappa shape index (κ1) is 16.8. The van der Waals surface area contributed by atoms with E-state index in [9.17, 15) is 27.9 Å². The van der Waals surface area contributed by atoms with Crippen LogP contribution in [0.25, 0.3) is 0 Å². The molecule has 0 saturated carbocycles. The fourth-order valence-corrected chi connectivity index (χ4v) is 3.61. The Morgan fingerprint density at radius 2 is 2.00 bits per heavy atom. The molecular weight excluding hydrogens is 321 g/mol. The zero-order valence-electron chi connectivity index (χ0n) is 12.0. The lowest BCUT2D eigenvalue weighted by molar-refractivity contribution is -0.167. The smallest absolute Gasteiger partial charge is 0.471 e. The van der Waals surface area contributed by atoms with Gasteiger partial charge in [0, 0.05) is 24.0 Å². The predicted molar refractivity (Wildman–Crippen MR) is 75.2 cm³/mol. The van der Waals surface area contributed by atoms with Crippen LogP contribution in [0.1, 0.15) is 34.6 Å². The molecule has 0 atom stereocenters. The number of aromatic carboxylic acids is 1. The highest BCUT2D eigenvalue weighted by Crippen LogP contribution is 2.38. The number of fused-ring (bicyclic) bond motifs is 1. The van der Waals surface area contributed by atoms with E-state index in [-0.39, 0.29) is 16.6 Å². The molecular formula is C13H15F3N2O3S. The summed E-state index contributed by atoms with van der Waals surface area (Å²) in [6, 6.07) is 0.247. The van der Waals surface area contributed by atoms with E-state index in [0.29, 0.717) is 30.0 Å². The summed E-state index contributed by atoms with van der Waals surface area (Å²) in [5.41, 5.74) is 0.299. The van der Waals surface area contributed by atoms with Crippen LogP contribution in [0.2, 0.25) is 0 Å². The van der Waals surface area contributed by atoms with Gasteiger partial charge in [0.15, 0.2) is 0 Å². The average molecular weight is 336 g/mol. The molecule has 1 aromatic heterocycles. The van der Waals surface area contributed by atoms with Gasteiger partial charge in [0.1, 0.15) is 5.00 Å². The van der Waals surface area contributed by atoms with Gasteiger partial charge in [-0.25, -0.2) is 4.79 Å². The van der Waals surface area contributed by atoms with Gasteiger partial charge < -0.3 is 10.4 Å². The van der Waals surface area contributed by atoms with Crippen LogP contribution in [0.15, 0.2) is 0 Å². The standard InChI is InChI=1S/C13H15F3N2O3S/c1-6(2)18-4-3-7-8(5-18)22-10(9(7)11(19)20)17-12(21)13(14,15)16/h6H,3-5H2,1-2H3,(H,17,21)(H,19,20). The Kier molecular flexibility index (Phi) is 4.48. The summed E-state index contributed by atoms with van der Waals surface area (Å²) in [7, 11) is 0. The number of carboxylic acid groups (broad SMARTS) is 1. The molecule has 1 aliphatic rings. The fourth-order valence-electron chi connectivity index (χ4n) is 2.35. The second-order valence-corrected chi connectivity index (χ2v) is 6.38. The summed E-state index contributed by atoms with van der Waals surface area (Å²) in [6.07, 6.45) is -4.61. The normalized spacial score (nSPS) is 15.7. The third-order valence-corrected chi connectivity index (χ3v) is 4.65. The van der Waals surface area contributed by atoms with Crippen LogP contribution < -0.4 is 5.32 Å². The highest BCUT2D eigenvalue weighted by molar-refractivity contribution is 7.17. The van der Waals surface area contributed by atoms with Gasteiger partial charge in [-0.1, -0.05) is 0 Å². The van der Waals surface area contributed by atoms with Crippen molar-refractivity contribution in [2.75, 3.05) is 11.9 Å². The molecule has 1 aromatic rings. The maximum Gasteiger partial charge on any atom is 0.471 e. The summed E-state index contributed by atoms with van der Waals surface area (Å²) in [6.45, 7) is 5.08. The van der Waals surface area contributed by atoms with Gasteiger partial charge >= 0.3 is 18.1 Å². The van der Waals surface area contributed by atoms with Crippen molar-refractivity contribution >= 4 is 28.2 Å². The summed E-state index contributed by atoms with van der Waals surface area (Å²) in [5.74, 6) is -3.48. The lowest BCUT2D eigenvalue weighted by Gasteiger charge is -2.30. The maximum atomic E-state index is 12.4. The van der Waals surface area contributed by atoms with E-state index in [1.54, 1.807) is 5.32 Å². The molecule has 22 heavy (non-hydrogen) atoms. The van der Waals surface area contributed by atoms with Gasteiger partial charge in [-0.2, -0.15) is 13.2 Å². The van der Waals surface area contributed by atoms with E-state index in [1.165, 1.54) is 0 Å². The van der Waals surface area contributed by atoms with E-state index < -0.39 is 18.1 Å². The Morgan fingerprint density at radius 1 is 1.36 bits per heavy atom. The van der Waals surface area contributed by atoms with E-state index in [2.05, 4.69) is 4.90 Å². The largest absolute Gasteiger partial charge is 0.478 e. The average Bonchev–Trinajstić information content (AvgIpc) is 2.74. The van der Waals surface area contributed by atoms with Crippen LogP contribution in [0.4, 0.5) is 18.2 Å². The minimum Gasteiger partial charge on any atom is -0.478 e. The summed E-state index contributed by atoms with van der Waals surface area (Å²) < 4.78 is 37.1. The molecule has 0 spiro atoms. The van der Waals surface area contributed by atoms with Gasteiger partial charge in [0.2, 0.25) is 0 Å². The molecule has 2 N–H and O–H groups in total. The zero-order chi connectivity index (χ0) is 16.7. The lowest BCUT2D eigenvalue weighted by Crippen LogP contribution is -2.35. The Labute approximate surface area is 128 Å². The number of carbonyl (C=O) groups excluding carboxylic acids is 1. The summed E-state index contributed by atoms with van der Waals surface area (Å²) in [5, 5.41) is 10.7. The van der Waals surface area contributed by atoms with Gasteiger partial charge in [-0.15, -0.1) is 11.3 Å². The predicted octanol–water partition coefficient (Wildman–Crippen LogP) is 2.71. The quantitative estimate of drug-likeness (QED) is 0.890. The summed E-state index contributed by atoms with van der Waals surface area (Å²) >= 11 is 0.901. The van der Waals surface area contributed by atoms with Crippen molar-refractivity contribution in [2.45, 2.75) is 39.0 Å². The number of hydrogen-bond donors (Lipinski definition) is 2. The Hall–Kier alpha value is -1.61. The number of alkyl halides is 3. The topological polar surface area (TPSA) is 69.6 Å². The van der Waals surface area contributed by atoms with E-state index in [1.807, 2.05) is 13.8 Å². The molecule has 5 nitrogen and oxygen atoms in total. The molecule has 9 heteroatoms. The number of thiophene rings is 1.